The maximum absolute atomic E-state index is 12.6. The van der Waals surface area contributed by atoms with E-state index in [1.807, 2.05) is 37.3 Å². The van der Waals surface area contributed by atoms with Crippen LogP contribution in [0.1, 0.15) is 29.8 Å². The average Bonchev–Trinajstić information content (AvgIpc) is 2.99. The van der Waals surface area contributed by atoms with E-state index in [9.17, 15) is 4.79 Å². The standard InChI is InChI=1S/C20H18BrClN2O2/c1-2-26-20(25)24-9-8-15-16-11-13(21)6-7-17(16)23-18(15)19(24)12-4-3-5-14(22)10-12/h3-7,10-11,19,23H,2,8-9H2,1H3. The van der Waals surface area contributed by atoms with Crippen LogP contribution in [0.25, 0.3) is 10.9 Å². The Labute approximate surface area is 165 Å². The van der Waals surface area contributed by atoms with Crippen LogP contribution < -0.4 is 0 Å². The van der Waals surface area contributed by atoms with E-state index in [1.54, 1.807) is 4.90 Å². The molecule has 4 rings (SSSR count). The molecule has 0 bridgehead atoms. The third-order valence-corrected chi connectivity index (χ3v) is 5.48. The van der Waals surface area contributed by atoms with Crippen molar-refractivity contribution in [1.82, 2.24) is 9.88 Å². The van der Waals surface area contributed by atoms with E-state index in [0.29, 0.717) is 18.2 Å². The van der Waals surface area contributed by atoms with Gasteiger partial charge in [0.1, 0.15) is 6.04 Å². The van der Waals surface area contributed by atoms with Gasteiger partial charge < -0.3 is 9.72 Å². The number of H-pyrrole nitrogens is 1. The van der Waals surface area contributed by atoms with Crippen LogP contribution in [0.5, 0.6) is 0 Å². The molecule has 0 spiro atoms. The molecule has 0 aliphatic carbocycles. The molecule has 3 aromatic rings. The number of carbonyl (C=O) groups excluding carboxylic acids is 1. The average molecular weight is 434 g/mol. The lowest BCUT2D eigenvalue weighted by molar-refractivity contribution is 0.0932. The topological polar surface area (TPSA) is 45.3 Å². The number of nitrogens with one attached hydrogen (secondary N) is 1. The van der Waals surface area contributed by atoms with E-state index in [0.717, 1.165) is 27.7 Å². The second-order valence-corrected chi connectivity index (χ2v) is 7.66. The third kappa shape index (κ3) is 2.99. The molecule has 0 radical (unpaired) electrons. The number of benzene rings is 2. The zero-order valence-electron chi connectivity index (χ0n) is 14.3. The molecule has 2 aromatic carbocycles. The van der Waals surface area contributed by atoms with Gasteiger partial charge in [0.05, 0.1) is 6.61 Å². The Balaban J connectivity index is 1.89. The van der Waals surface area contributed by atoms with Gasteiger partial charge in [-0.1, -0.05) is 39.7 Å². The van der Waals surface area contributed by atoms with Crippen LogP contribution in [-0.2, 0) is 11.2 Å². The minimum atomic E-state index is -0.303. The zero-order valence-corrected chi connectivity index (χ0v) is 16.6. The fraction of sp³-hybridized carbons (Fsp3) is 0.250. The molecule has 2 heterocycles. The minimum absolute atomic E-state index is 0.248. The summed E-state index contributed by atoms with van der Waals surface area (Å²) in [5.41, 5.74) is 4.31. The van der Waals surface area contributed by atoms with Crippen molar-refractivity contribution in [2.45, 2.75) is 19.4 Å². The number of rotatable bonds is 2. The normalized spacial score (nSPS) is 16.6. The Bertz CT molecular complexity index is 985. The van der Waals surface area contributed by atoms with Crippen LogP contribution in [0.3, 0.4) is 0 Å². The number of fused-ring (bicyclic) bond motifs is 3. The summed E-state index contributed by atoms with van der Waals surface area (Å²) in [5, 5.41) is 1.84. The largest absolute Gasteiger partial charge is 0.450 e. The number of nitrogens with zero attached hydrogens (tertiary/aromatic N) is 1. The first-order chi connectivity index (χ1) is 12.6. The number of carbonyl (C=O) groups is 1. The fourth-order valence-corrected chi connectivity index (χ4v) is 4.25. The molecule has 1 aromatic heterocycles. The van der Waals surface area contributed by atoms with Gasteiger partial charge in [-0.25, -0.2) is 4.79 Å². The van der Waals surface area contributed by atoms with Crippen molar-refractivity contribution in [3.05, 3.63) is 68.8 Å². The summed E-state index contributed by atoms with van der Waals surface area (Å²) in [6.07, 6.45) is 0.477. The van der Waals surface area contributed by atoms with Crippen molar-refractivity contribution in [3.8, 4) is 0 Å². The first-order valence-corrected chi connectivity index (χ1v) is 9.74. The molecule has 26 heavy (non-hydrogen) atoms. The highest BCUT2D eigenvalue weighted by atomic mass is 79.9. The van der Waals surface area contributed by atoms with Crippen molar-refractivity contribution in [2.75, 3.05) is 13.2 Å². The van der Waals surface area contributed by atoms with Gasteiger partial charge in [-0.3, -0.25) is 4.90 Å². The highest BCUT2D eigenvalue weighted by Gasteiger charge is 2.35. The number of hydrogen-bond donors (Lipinski definition) is 1. The van der Waals surface area contributed by atoms with Crippen LogP contribution in [-0.4, -0.2) is 29.1 Å². The number of aromatic nitrogens is 1. The monoisotopic (exact) mass is 432 g/mol. The lowest BCUT2D eigenvalue weighted by Gasteiger charge is -2.35. The van der Waals surface area contributed by atoms with E-state index in [4.69, 9.17) is 16.3 Å². The van der Waals surface area contributed by atoms with Gasteiger partial charge in [0.25, 0.3) is 0 Å². The molecule has 0 saturated carbocycles. The van der Waals surface area contributed by atoms with Gasteiger partial charge in [-0.05, 0) is 54.8 Å². The van der Waals surface area contributed by atoms with Crippen LogP contribution in [0.4, 0.5) is 4.79 Å². The van der Waals surface area contributed by atoms with Gasteiger partial charge in [-0.15, -0.1) is 0 Å². The Morgan fingerprint density at radius 1 is 1.35 bits per heavy atom. The lowest BCUT2D eigenvalue weighted by atomic mass is 9.93. The smallest absolute Gasteiger partial charge is 0.410 e. The predicted molar refractivity (Wildman–Crippen MR) is 107 cm³/mol. The summed E-state index contributed by atoms with van der Waals surface area (Å²) in [4.78, 5) is 17.9. The third-order valence-electron chi connectivity index (χ3n) is 4.76. The first kappa shape index (κ1) is 17.4. The highest BCUT2D eigenvalue weighted by molar-refractivity contribution is 9.10. The van der Waals surface area contributed by atoms with Crippen molar-refractivity contribution >= 4 is 44.5 Å². The first-order valence-electron chi connectivity index (χ1n) is 8.57. The number of halogens is 2. The highest BCUT2D eigenvalue weighted by Crippen LogP contribution is 2.39. The summed E-state index contributed by atoms with van der Waals surface area (Å²) < 4.78 is 6.34. The lowest BCUT2D eigenvalue weighted by Crippen LogP contribution is -2.41. The van der Waals surface area contributed by atoms with E-state index >= 15 is 0 Å². The summed E-state index contributed by atoms with van der Waals surface area (Å²) in [6, 6.07) is 13.6. The SMILES string of the molecule is CCOC(=O)N1CCc2c([nH]c3ccc(Br)cc23)C1c1cccc(Cl)c1. The number of ether oxygens (including phenoxy) is 1. The Hall–Kier alpha value is -1.98. The van der Waals surface area contributed by atoms with E-state index < -0.39 is 0 Å². The van der Waals surface area contributed by atoms with Gasteiger partial charge in [-0.2, -0.15) is 0 Å². The second-order valence-electron chi connectivity index (χ2n) is 6.31. The van der Waals surface area contributed by atoms with E-state index in [1.165, 1.54) is 10.9 Å². The fourth-order valence-electron chi connectivity index (χ4n) is 3.69. The van der Waals surface area contributed by atoms with E-state index in [-0.39, 0.29) is 12.1 Å². The summed E-state index contributed by atoms with van der Waals surface area (Å²) >= 11 is 9.78. The molecule has 1 N–H and O–H groups in total. The molecule has 4 nitrogen and oxygen atoms in total. The number of hydrogen-bond acceptors (Lipinski definition) is 2. The molecule has 6 heteroatoms. The van der Waals surface area contributed by atoms with Crippen molar-refractivity contribution < 1.29 is 9.53 Å². The molecular weight excluding hydrogens is 416 g/mol. The molecular formula is C20H18BrClN2O2. The van der Waals surface area contributed by atoms with E-state index in [2.05, 4.69) is 33.0 Å². The maximum atomic E-state index is 12.6. The van der Waals surface area contributed by atoms with Gasteiger partial charge in [0, 0.05) is 32.6 Å². The quantitative estimate of drug-likeness (QED) is 0.564. The van der Waals surface area contributed by atoms with Crippen molar-refractivity contribution in [3.63, 3.8) is 0 Å². The Morgan fingerprint density at radius 2 is 2.19 bits per heavy atom. The Morgan fingerprint density at radius 3 is 2.96 bits per heavy atom. The molecule has 0 saturated heterocycles. The zero-order chi connectivity index (χ0) is 18.3. The van der Waals surface area contributed by atoms with Gasteiger partial charge in [0.15, 0.2) is 0 Å². The molecule has 0 fully saturated rings. The molecule has 1 unspecified atom stereocenters. The molecule has 1 aliphatic rings. The van der Waals surface area contributed by atoms with Gasteiger partial charge in [0.2, 0.25) is 0 Å². The van der Waals surface area contributed by atoms with Gasteiger partial charge >= 0.3 is 6.09 Å². The Kier molecular flexibility index (Phi) is 4.67. The second kappa shape index (κ2) is 6.97. The molecule has 1 aliphatic heterocycles. The molecule has 134 valence electrons. The van der Waals surface area contributed by atoms with Crippen LogP contribution >= 0.6 is 27.5 Å². The van der Waals surface area contributed by atoms with Crippen LogP contribution in [0.2, 0.25) is 5.02 Å². The number of aromatic amines is 1. The summed E-state index contributed by atoms with van der Waals surface area (Å²) in [5.74, 6) is 0. The number of amides is 1. The predicted octanol–water partition coefficient (Wildman–Crippen LogP) is 5.69. The van der Waals surface area contributed by atoms with Crippen molar-refractivity contribution in [1.29, 1.82) is 0 Å². The molecule has 1 amide bonds. The maximum Gasteiger partial charge on any atom is 0.410 e. The molecule has 1 atom stereocenters. The summed E-state index contributed by atoms with van der Waals surface area (Å²) in [6.45, 7) is 2.77. The minimum Gasteiger partial charge on any atom is -0.450 e. The van der Waals surface area contributed by atoms with Crippen LogP contribution in [0.15, 0.2) is 46.9 Å². The van der Waals surface area contributed by atoms with Crippen molar-refractivity contribution in [2.24, 2.45) is 0 Å². The summed E-state index contributed by atoms with van der Waals surface area (Å²) in [7, 11) is 0. The van der Waals surface area contributed by atoms with Crippen LogP contribution in [0, 0.1) is 0 Å².